The lowest BCUT2D eigenvalue weighted by Gasteiger charge is -2.04. The summed E-state index contributed by atoms with van der Waals surface area (Å²) in [5.41, 5.74) is 12.2. The molecule has 2 amide bonds. The third-order valence-corrected chi connectivity index (χ3v) is 3.26. The zero-order chi connectivity index (χ0) is 13.1. The largest absolute Gasteiger partial charge is 0.397 e. The highest BCUT2D eigenvalue weighted by molar-refractivity contribution is 7.12. The van der Waals surface area contributed by atoms with Crippen molar-refractivity contribution in [1.29, 1.82) is 0 Å². The molecule has 0 unspecified atom stereocenters. The predicted octanol–water partition coefficient (Wildman–Crippen LogP) is 1.68. The zero-order valence-corrected chi connectivity index (χ0v) is 10.2. The number of hydrogen-bond donors (Lipinski definition) is 3. The first kappa shape index (κ1) is 12.1. The van der Waals surface area contributed by atoms with Crippen molar-refractivity contribution in [2.45, 2.75) is 0 Å². The van der Waals surface area contributed by atoms with Crippen LogP contribution in [-0.2, 0) is 0 Å². The molecular formula is C12H11N3O2S. The molecule has 1 aromatic heterocycles. The molecule has 1 heterocycles. The normalized spacial score (nSPS) is 10.0. The minimum atomic E-state index is -0.504. The van der Waals surface area contributed by atoms with E-state index in [-0.39, 0.29) is 5.91 Å². The van der Waals surface area contributed by atoms with Crippen molar-refractivity contribution >= 4 is 34.5 Å². The number of thiophene rings is 1. The summed E-state index contributed by atoms with van der Waals surface area (Å²) in [6, 6.07) is 8.00. The Labute approximate surface area is 107 Å². The van der Waals surface area contributed by atoms with Gasteiger partial charge in [-0.15, -0.1) is 11.3 Å². The van der Waals surface area contributed by atoms with Crippen LogP contribution in [0, 0.1) is 0 Å². The number of hydrogen-bond acceptors (Lipinski definition) is 4. The van der Waals surface area contributed by atoms with Gasteiger partial charge in [-0.2, -0.15) is 0 Å². The molecular weight excluding hydrogens is 250 g/mol. The van der Waals surface area contributed by atoms with Gasteiger partial charge in [-0.1, -0.05) is 0 Å². The van der Waals surface area contributed by atoms with Gasteiger partial charge < -0.3 is 16.8 Å². The quantitative estimate of drug-likeness (QED) is 0.783. The van der Waals surface area contributed by atoms with Crippen LogP contribution in [0.5, 0.6) is 0 Å². The van der Waals surface area contributed by atoms with Crippen LogP contribution >= 0.6 is 11.3 Å². The lowest BCUT2D eigenvalue weighted by Crippen LogP contribution is -2.13. The van der Waals surface area contributed by atoms with E-state index in [9.17, 15) is 9.59 Å². The second kappa shape index (κ2) is 4.89. The first-order valence-electron chi connectivity index (χ1n) is 5.12. The lowest BCUT2D eigenvalue weighted by molar-refractivity contribution is 0.0998. The van der Waals surface area contributed by atoms with Gasteiger partial charge in [-0.3, -0.25) is 9.59 Å². The number of nitrogens with two attached hydrogens (primary N) is 2. The van der Waals surface area contributed by atoms with E-state index >= 15 is 0 Å². The number of amides is 2. The van der Waals surface area contributed by atoms with E-state index in [0.717, 1.165) is 0 Å². The molecule has 1 aromatic carbocycles. The fourth-order valence-corrected chi connectivity index (χ4v) is 2.12. The van der Waals surface area contributed by atoms with Crippen molar-refractivity contribution < 1.29 is 9.59 Å². The molecule has 0 aliphatic carbocycles. The molecule has 0 bridgehead atoms. The van der Waals surface area contributed by atoms with Crippen LogP contribution in [0.25, 0.3) is 0 Å². The summed E-state index contributed by atoms with van der Waals surface area (Å²) < 4.78 is 0. The van der Waals surface area contributed by atoms with E-state index in [1.165, 1.54) is 11.3 Å². The number of nitrogen functional groups attached to an aromatic ring is 1. The summed E-state index contributed by atoms with van der Waals surface area (Å²) in [6.45, 7) is 0. The van der Waals surface area contributed by atoms with E-state index < -0.39 is 5.91 Å². The molecule has 18 heavy (non-hydrogen) atoms. The maximum absolute atomic E-state index is 11.8. The molecule has 0 saturated heterocycles. The summed E-state index contributed by atoms with van der Waals surface area (Å²) in [7, 11) is 0. The fraction of sp³-hybridized carbons (Fsp3) is 0. The third-order valence-electron chi connectivity index (χ3n) is 2.33. The number of nitrogens with one attached hydrogen (secondary N) is 1. The van der Waals surface area contributed by atoms with Gasteiger partial charge in [0.2, 0.25) is 5.91 Å². The van der Waals surface area contributed by atoms with Crippen LogP contribution in [0.4, 0.5) is 11.4 Å². The molecule has 5 nitrogen and oxygen atoms in total. The number of benzene rings is 1. The average Bonchev–Trinajstić information content (AvgIpc) is 2.76. The molecule has 0 spiro atoms. The molecule has 0 aliphatic rings. The van der Waals surface area contributed by atoms with E-state index in [1.54, 1.807) is 35.7 Å². The number of carbonyl (C=O) groups is 2. The van der Waals surface area contributed by atoms with Gasteiger partial charge in [-0.25, -0.2) is 0 Å². The van der Waals surface area contributed by atoms with Crippen molar-refractivity contribution in [3.05, 3.63) is 46.2 Å². The molecule has 2 aromatic rings. The molecule has 2 rings (SSSR count). The SMILES string of the molecule is NC(=O)c1ccc(NC(=O)c2sccc2N)cc1. The molecule has 0 aliphatic heterocycles. The van der Waals surface area contributed by atoms with E-state index in [1.807, 2.05) is 0 Å². The zero-order valence-electron chi connectivity index (χ0n) is 9.34. The van der Waals surface area contributed by atoms with Crippen molar-refractivity contribution in [1.82, 2.24) is 0 Å². The lowest BCUT2D eigenvalue weighted by atomic mass is 10.2. The molecule has 92 valence electrons. The Morgan fingerprint density at radius 2 is 1.78 bits per heavy atom. The Morgan fingerprint density at radius 1 is 1.11 bits per heavy atom. The van der Waals surface area contributed by atoms with Gasteiger partial charge in [0.1, 0.15) is 4.88 Å². The van der Waals surface area contributed by atoms with Crippen molar-refractivity contribution in [3.8, 4) is 0 Å². The van der Waals surface area contributed by atoms with Crippen molar-refractivity contribution in [2.24, 2.45) is 5.73 Å². The van der Waals surface area contributed by atoms with Crippen LogP contribution in [-0.4, -0.2) is 11.8 Å². The van der Waals surface area contributed by atoms with Crippen LogP contribution in [0.3, 0.4) is 0 Å². The second-order valence-corrected chi connectivity index (χ2v) is 4.52. The second-order valence-electron chi connectivity index (χ2n) is 3.60. The highest BCUT2D eigenvalue weighted by Gasteiger charge is 2.11. The molecule has 0 atom stereocenters. The Balaban J connectivity index is 2.13. The maximum Gasteiger partial charge on any atom is 0.267 e. The standard InChI is InChI=1S/C12H11N3O2S/c13-9-5-6-18-10(9)12(17)15-8-3-1-7(2-4-8)11(14)16/h1-6H,13H2,(H2,14,16)(H,15,17). The summed E-state index contributed by atoms with van der Waals surface area (Å²) in [4.78, 5) is 23.2. The average molecular weight is 261 g/mol. The Bertz CT molecular complexity index is 590. The van der Waals surface area contributed by atoms with Crippen LogP contribution in [0.1, 0.15) is 20.0 Å². The van der Waals surface area contributed by atoms with Crippen molar-refractivity contribution in [2.75, 3.05) is 11.1 Å². The van der Waals surface area contributed by atoms with Gasteiger partial charge in [0, 0.05) is 11.3 Å². The van der Waals surface area contributed by atoms with Gasteiger partial charge in [-0.05, 0) is 35.7 Å². The van der Waals surface area contributed by atoms with Crippen LogP contribution in [0.15, 0.2) is 35.7 Å². The number of primary amides is 1. The van der Waals surface area contributed by atoms with Gasteiger partial charge >= 0.3 is 0 Å². The minimum Gasteiger partial charge on any atom is -0.397 e. The molecule has 0 fully saturated rings. The van der Waals surface area contributed by atoms with Gasteiger partial charge in [0.15, 0.2) is 0 Å². The van der Waals surface area contributed by atoms with Crippen LogP contribution in [0.2, 0.25) is 0 Å². The Morgan fingerprint density at radius 3 is 2.28 bits per heavy atom. The third kappa shape index (κ3) is 2.49. The number of carbonyl (C=O) groups excluding carboxylic acids is 2. The molecule has 0 saturated carbocycles. The highest BCUT2D eigenvalue weighted by Crippen LogP contribution is 2.20. The summed E-state index contributed by atoms with van der Waals surface area (Å²) >= 11 is 1.27. The van der Waals surface area contributed by atoms with Crippen LogP contribution < -0.4 is 16.8 Å². The highest BCUT2D eigenvalue weighted by atomic mass is 32.1. The first-order chi connectivity index (χ1) is 8.58. The van der Waals surface area contributed by atoms with E-state index in [4.69, 9.17) is 11.5 Å². The number of anilines is 2. The first-order valence-corrected chi connectivity index (χ1v) is 6.00. The maximum atomic E-state index is 11.8. The summed E-state index contributed by atoms with van der Waals surface area (Å²) in [6.07, 6.45) is 0. The Hall–Kier alpha value is -2.34. The Kier molecular flexibility index (Phi) is 3.29. The molecule has 0 radical (unpaired) electrons. The van der Waals surface area contributed by atoms with E-state index in [0.29, 0.717) is 21.8 Å². The topological polar surface area (TPSA) is 98.2 Å². The summed E-state index contributed by atoms with van der Waals surface area (Å²) in [5.74, 6) is -0.773. The van der Waals surface area contributed by atoms with Gasteiger partial charge in [0.25, 0.3) is 5.91 Å². The fourth-order valence-electron chi connectivity index (χ4n) is 1.41. The predicted molar refractivity (Wildman–Crippen MR) is 71.6 cm³/mol. The molecule has 5 N–H and O–H groups in total. The van der Waals surface area contributed by atoms with Crippen molar-refractivity contribution in [3.63, 3.8) is 0 Å². The smallest absolute Gasteiger partial charge is 0.267 e. The van der Waals surface area contributed by atoms with E-state index in [2.05, 4.69) is 5.32 Å². The number of rotatable bonds is 3. The molecule has 6 heteroatoms. The summed E-state index contributed by atoms with van der Waals surface area (Å²) in [5, 5.41) is 4.44. The minimum absolute atomic E-state index is 0.269. The van der Waals surface area contributed by atoms with Gasteiger partial charge in [0.05, 0.1) is 5.69 Å². The monoisotopic (exact) mass is 261 g/mol.